The molecule has 1 amide bonds. The minimum absolute atomic E-state index is 0.0640. The molecule has 164 valence electrons. The quantitative estimate of drug-likeness (QED) is 0.507. The topological polar surface area (TPSA) is 102 Å². The average Bonchev–Trinajstić information content (AvgIpc) is 2.77. The third-order valence-electron chi connectivity index (χ3n) is 4.28. The van der Waals surface area contributed by atoms with Crippen molar-refractivity contribution in [3.8, 4) is 11.5 Å². The number of nitrogens with one attached hydrogen (secondary N) is 1. The summed E-state index contributed by atoms with van der Waals surface area (Å²) in [5.74, 6) is -5.33. The lowest BCUT2D eigenvalue weighted by Crippen LogP contribution is -2.15. The second kappa shape index (κ2) is 9.69. The van der Waals surface area contributed by atoms with Gasteiger partial charge in [0.15, 0.2) is 17.4 Å². The summed E-state index contributed by atoms with van der Waals surface area (Å²) < 4.78 is 37.9. The number of anilines is 1. The summed E-state index contributed by atoms with van der Waals surface area (Å²) in [4.78, 5) is 36.0. The summed E-state index contributed by atoms with van der Waals surface area (Å²) in [7, 11) is 0. The molecule has 2 N–H and O–H groups in total. The first-order chi connectivity index (χ1) is 15.3. The van der Waals surface area contributed by atoms with Gasteiger partial charge in [-0.15, -0.1) is 0 Å². The fourth-order valence-corrected chi connectivity index (χ4v) is 2.81. The Morgan fingerprint density at radius 2 is 1.69 bits per heavy atom. The number of ether oxygens (including phenoxy) is 2. The maximum Gasteiger partial charge on any atom is 0.339 e. The van der Waals surface area contributed by atoms with Crippen LogP contribution in [0.2, 0.25) is 0 Å². The number of carboxylic acid groups (broad SMARTS) is 1. The summed E-state index contributed by atoms with van der Waals surface area (Å²) in [6, 6.07) is 13.1. The standard InChI is InChI=1S/C23H17F2NO6/c1-2-31-23(30)14-11-10-13(12-16(14)22(28)29)32-19-9-4-3-8-18(19)26-21(27)15-6-5-7-17(24)20(15)25/h3-12H,2H2,1H3,(H,26,27)(H,28,29). The number of para-hydroxylation sites is 2. The predicted molar refractivity (Wildman–Crippen MR) is 110 cm³/mol. The number of esters is 1. The number of carbonyl (C=O) groups is 3. The Morgan fingerprint density at radius 1 is 0.938 bits per heavy atom. The molecule has 3 aromatic carbocycles. The van der Waals surface area contributed by atoms with Crippen LogP contribution in [0.4, 0.5) is 14.5 Å². The molecule has 9 heteroatoms. The molecule has 0 aliphatic rings. The van der Waals surface area contributed by atoms with Gasteiger partial charge in [0.05, 0.1) is 29.0 Å². The van der Waals surface area contributed by atoms with Crippen LogP contribution in [0.1, 0.15) is 38.0 Å². The van der Waals surface area contributed by atoms with Crippen molar-refractivity contribution >= 4 is 23.5 Å². The predicted octanol–water partition coefficient (Wildman–Crippen LogP) is 4.88. The zero-order chi connectivity index (χ0) is 23.3. The van der Waals surface area contributed by atoms with Crippen LogP contribution in [-0.2, 0) is 4.74 Å². The average molecular weight is 441 g/mol. The molecule has 32 heavy (non-hydrogen) atoms. The third kappa shape index (κ3) is 4.89. The van der Waals surface area contributed by atoms with E-state index in [1.165, 1.54) is 30.3 Å². The Bertz CT molecular complexity index is 1190. The number of rotatable bonds is 7. The summed E-state index contributed by atoms with van der Waals surface area (Å²) >= 11 is 0. The van der Waals surface area contributed by atoms with E-state index in [2.05, 4.69) is 5.32 Å². The van der Waals surface area contributed by atoms with Crippen molar-refractivity contribution in [1.82, 2.24) is 0 Å². The van der Waals surface area contributed by atoms with Crippen LogP contribution >= 0.6 is 0 Å². The monoisotopic (exact) mass is 441 g/mol. The van der Waals surface area contributed by atoms with Gasteiger partial charge in [-0.1, -0.05) is 18.2 Å². The van der Waals surface area contributed by atoms with Gasteiger partial charge in [0.1, 0.15) is 5.75 Å². The molecule has 0 fully saturated rings. The molecule has 0 aliphatic carbocycles. The molecule has 0 spiro atoms. The van der Waals surface area contributed by atoms with E-state index < -0.39 is 35.0 Å². The summed E-state index contributed by atoms with van der Waals surface area (Å²) in [6.45, 7) is 1.67. The van der Waals surface area contributed by atoms with Crippen LogP contribution in [0.15, 0.2) is 60.7 Å². The molecular formula is C23H17F2NO6. The lowest BCUT2D eigenvalue weighted by molar-refractivity contribution is 0.0514. The highest BCUT2D eigenvalue weighted by molar-refractivity contribution is 6.05. The van der Waals surface area contributed by atoms with Crippen LogP contribution in [-0.4, -0.2) is 29.6 Å². The fraction of sp³-hybridized carbons (Fsp3) is 0.0870. The molecule has 0 radical (unpaired) electrons. The molecule has 0 bridgehead atoms. The molecule has 0 aromatic heterocycles. The second-order valence-corrected chi connectivity index (χ2v) is 6.39. The first-order valence-electron chi connectivity index (χ1n) is 9.38. The maximum absolute atomic E-state index is 13.9. The lowest BCUT2D eigenvalue weighted by atomic mass is 10.1. The van der Waals surface area contributed by atoms with Gasteiger partial charge in [-0.2, -0.15) is 0 Å². The van der Waals surface area contributed by atoms with E-state index in [0.29, 0.717) is 0 Å². The van der Waals surface area contributed by atoms with Crippen LogP contribution in [0.25, 0.3) is 0 Å². The molecule has 0 saturated heterocycles. The number of hydrogen-bond acceptors (Lipinski definition) is 5. The molecule has 0 saturated carbocycles. The van der Waals surface area contributed by atoms with Crippen molar-refractivity contribution in [2.45, 2.75) is 6.92 Å². The molecule has 3 aromatic rings. The Morgan fingerprint density at radius 3 is 2.41 bits per heavy atom. The smallest absolute Gasteiger partial charge is 0.339 e. The number of hydrogen-bond donors (Lipinski definition) is 2. The van der Waals surface area contributed by atoms with Crippen molar-refractivity contribution in [1.29, 1.82) is 0 Å². The van der Waals surface area contributed by atoms with E-state index in [-0.39, 0.29) is 34.9 Å². The number of benzene rings is 3. The highest BCUT2D eigenvalue weighted by Gasteiger charge is 2.20. The SMILES string of the molecule is CCOC(=O)c1ccc(Oc2ccccc2NC(=O)c2cccc(F)c2F)cc1C(=O)O. The van der Waals surface area contributed by atoms with Crippen molar-refractivity contribution < 1.29 is 37.7 Å². The van der Waals surface area contributed by atoms with Crippen LogP contribution < -0.4 is 10.1 Å². The van der Waals surface area contributed by atoms with E-state index in [0.717, 1.165) is 18.2 Å². The number of amides is 1. The first-order valence-corrected chi connectivity index (χ1v) is 9.38. The Balaban J connectivity index is 1.89. The van der Waals surface area contributed by atoms with Crippen molar-refractivity contribution in [2.75, 3.05) is 11.9 Å². The summed E-state index contributed by atoms with van der Waals surface area (Å²) in [6.07, 6.45) is 0. The van der Waals surface area contributed by atoms with Crippen molar-refractivity contribution in [3.05, 3.63) is 89.0 Å². The van der Waals surface area contributed by atoms with Gasteiger partial charge < -0.3 is 19.9 Å². The highest BCUT2D eigenvalue weighted by atomic mass is 19.2. The molecular weight excluding hydrogens is 424 g/mol. The Hall–Kier alpha value is -4.27. The lowest BCUT2D eigenvalue weighted by Gasteiger charge is -2.14. The number of carboxylic acids is 1. The van der Waals surface area contributed by atoms with Gasteiger partial charge in [-0.3, -0.25) is 4.79 Å². The number of carbonyl (C=O) groups excluding carboxylic acids is 2. The van der Waals surface area contributed by atoms with E-state index in [4.69, 9.17) is 9.47 Å². The van der Waals surface area contributed by atoms with E-state index >= 15 is 0 Å². The molecule has 0 atom stereocenters. The van der Waals surface area contributed by atoms with Gasteiger partial charge in [0.25, 0.3) is 5.91 Å². The maximum atomic E-state index is 13.9. The van der Waals surface area contributed by atoms with Crippen LogP contribution in [0, 0.1) is 11.6 Å². The van der Waals surface area contributed by atoms with Gasteiger partial charge in [-0.25, -0.2) is 18.4 Å². The second-order valence-electron chi connectivity index (χ2n) is 6.39. The summed E-state index contributed by atoms with van der Waals surface area (Å²) in [5, 5.41) is 11.9. The first kappa shape index (κ1) is 22.4. The van der Waals surface area contributed by atoms with Crippen molar-refractivity contribution in [3.63, 3.8) is 0 Å². The molecule has 3 rings (SSSR count). The van der Waals surface area contributed by atoms with Gasteiger partial charge in [0.2, 0.25) is 0 Å². The van der Waals surface area contributed by atoms with Crippen molar-refractivity contribution in [2.24, 2.45) is 0 Å². The molecule has 0 heterocycles. The van der Waals surface area contributed by atoms with Gasteiger partial charge >= 0.3 is 11.9 Å². The molecule has 0 unspecified atom stereocenters. The zero-order valence-corrected chi connectivity index (χ0v) is 16.7. The van der Waals surface area contributed by atoms with Crippen LogP contribution in [0.5, 0.6) is 11.5 Å². The van der Waals surface area contributed by atoms with E-state index in [1.807, 2.05) is 0 Å². The Labute approximate surface area is 181 Å². The molecule has 0 aliphatic heterocycles. The van der Waals surface area contributed by atoms with Gasteiger partial charge in [0, 0.05) is 0 Å². The minimum atomic E-state index is -1.36. The largest absolute Gasteiger partial charge is 0.478 e. The van der Waals surface area contributed by atoms with Crippen LogP contribution in [0.3, 0.4) is 0 Å². The fourth-order valence-electron chi connectivity index (χ4n) is 2.81. The normalized spacial score (nSPS) is 10.3. The highest BCUT2D eigenvalue weighted by Crippen LogP contribution is 2.31. The molecule has 7 nitrogen and oxygen atoms in total. The number of halogens is 2. The Kier molecular flexibility index (Phi) is 6.79. The van der Waals surface area contributed by atoms with Gasteiger partial charge in [-0.05, 0) is 49.4 Å². The summed E-state index contributed by atoms with van der Waals surface area (Å²) in [5.41, 5.74) is -0.835. The number of aromatic carboxylic acids is 1. The minimum Gasteiger partial charge on any atom is -0.478 e. The zero-order valence-electron chi connectivity index (χ0n) is 16.7. The van der Waals surface area contributed by atoms with E-state index in [9.17, 15) is 28.3 Å². The van der Waals surface area contributed by atoms with E-state index in [1.54, 1.807) is 19.1 Å². The third-order valence-corrected chi connectivity index (χ3v) is 4.28.